The summed E-state index contributed by atoms with van der Waals surface area (Å²) in [6.45, 7) is 3.67. The number of carbonyl (C=O) groups is 2. The summed E-state index contributed by atoms with van der Waals surface area (Å²) in [5, 5.41) is 0.546. The fraction of sp³-hybridized carbons (Fsp3) is 0.200. The third-order valence-electron chi connectivity index (χ3n) is 5.33. The first-order valence-electron chi connectivity index (χ1n) is 10.5. The van der Waals surface area contributed by atoms with E-state index in [1.807, 2.05) is 0 Å². The Labute approximate surface area is 204 Å². The SMILES string of the molecule is CCOC(=O)C1=C(C)N=c2s/c(=C/c3ccc(C(=O)OC)cc3)c(=O)n2[C@@H]1c1ccc(Cl)cc1. The van der Waals surface area contributed by atoms with E-state index in [0.717, 1.165) is 11.1 Å². The van der Waals surface area contributed by atoms with Gasteiger partial charge in [-0.2, -0.15) is 0 Å². The number of rotatable bonds is 5. The Morgan fingerprint density at radius 3 is 2.41 bits per heavy atom. The van der Waals surface area contributed by atoms with E-state index >= 15 is 0 Å². The molecule has 3 aromatic rings. The van der Waals surface area contributed by atoms with Crippen molar-refractivity contribution in [1.82, 2.24) is 4.57 Å². The largest absolute Gasteiger partial charge is 0.465 e. The van der Waals surface area contributed by atoms with Gasteiger partial charge in [-0.25, -0.2) is 14.6 Å². The molecule has 1 aliphatic heterocycles. The fourth-order valence-corrected chi connectivity index (χ4v) is 4.91. The number of esters is 2. The summed E-state index contributed by atoms with van der Waals surface area (Å²) in [5.41, 5.74) is 2.40. The van der Waals surface area contributed by atoms with E-state index in [0.29, 0.717) is 31.2 Å². The van der Waals surface area contributed by atoms with Crippen molar-refractivity contribution in [2.45, 2.75) is 19.9 Å². The third kappa shape index (κ3) is 4.47. The lowest BCUT2D eigenvalue weighted by molar-refractivity contribution is -0.139. The molecular formula is C25H21ClN2O5S. The number of ether oxygens (including phenoxy) is 2. The summed E-state index contributed by atoms with van der Waals surface area (Å²) >= 11 is 7.30. The maximum absolute atomic E-state index is 13.5. The Bertz CT molecular complexity index is 1470. The summed E-state index contributed by atoms with van der Waals surface area (Å²) < 4.78 is 12.0. The highest BCUT2D eigenvalue weighted by atomic mass is 35.5. The van der Waals surface area contributed by atoms with Gasteiger partial charge in [-0.05, 0) is 55.3 Å². The molecule has 2 aromatic carbocycles. The molecule has 2 heterocycles. The van der Waals surface area contributed by atoms with Crippen LogP contribution in [0.1, 0.15) is 41.4 Å². The highest BCUT2D eigenvalue weighted by Gasteiger charge is 2.33. The van der Waals surface area contributed by atoms with Crippen LogP contribution < -0.4 is 14.9 Å². The summed E-state index contributed by atoms with van der Waals surface area (Å²) in [6, 6.07) is 13.0. The molecule has 0 fully saturated rings. The number of methoxy groups -OCH3 is 1. The van der Waals surface area contributed by atoms with Crippen molar-refractivity contribution >= 4 is 41.0 Å². The van der Waals surface area contributed by atoms with Crippen LogP contribution in [0.5, 0.6) is 0 Å². The number of allylic oxidation sites excluding steroid dienone is 1. The van der Waals surface area contributed by atoms with Gasteiger partial charge in [-0.1, -0.05) is 47.2 Å². The minimum atomic E-state index is -0.698. The Morgan fingerprint density at radius 1 is 1.12 bits per heavy atom. The second-order valence-corrected chi connectivity index (χ2v) is 8.91. The van der Waals surface area contributed by atoms with Crippen molar-refractivity contribution in [3.63, 3.8) is 0 Å². The Kier molecular flexibility index (Phi) is 6.81. The van der Waals surface area contributed by atoms with Gasteiger partial charge in [0.1, 0.15) is 0 Å². The first-order chi connectivity index (χ1) is 16.3. The maximum atomic E-state index is 13.5. The minimum absolute atomic E-state index is 0.203. The number of carbonyl (C=O) groups excluding carboxylic acids is 2. The van der Waals surface area contributed by atoms with Crippen LogP contribution in [0.15, 0.2) is 69.6 Å². The smallest absolute Gasteiger partial charge is 0.338 e. The lowest BCUT2D eigenvalue weighted by Gasteiger charge is -2.24. The number of halogens is 1. The normalized spacial score (nSPS) is 15.5. The first-order valence-corrected chi connectivity index (χ1v) is 11.7. The second-order valence-electron chi connectivity index (χ2n) is 7.47. The molecule has 0 aliphatic carbocycles. The number of hydrogen-bond donors (Lipinski definition) is 0. The topological polar surface area (TPSA) is 87.0 Å². The van der Waals surface area contributed by atoms with Gasteiger partial charge in [0.15, 0.2) is 4.80 Å². The summed E-state index contributed by atoms with van der Waals surface area (Å²) in [4.78, 5) is 43.1. The number of benzene rings is 2. The van der Waals surface area contributed by atoms with Gasteiger partial charge >= 0.3 is 11.9 Å². The number of fused-ring (bicyclic) bond motifs is 1. The number of aromatic nitrogens is 1. The molecule has 0 spiro atoms. The highest BCUT2D eigenvalue weighted by Crippen LogP contribution is 2.31. The van der Waals surface area contributed by atoms with Gasteiger partial charge in [0.05, 0.1) is 41.1 Å². The van der Waals surface area contributed by atoms with Gasteiger partial charge in [0.25, 0.3) is 5.56 Å². The van der Waals surface area contributed by atoms with Crippen LogP contribution in [-0.2, 0) is 14.3 Å². The molecule has 0 unspecified atom stereocenters. The monoisotopic (exact) mass is 496 g/mol. The van der Waals surface area contributed by atoms with Gasteiger partial charge in [-0.3, -0.25) is 9.36 Å². The van der Waals surface area contributed by atoms with E-state index in [1.54, 1.807) is 68.5 Å². The van der Waals surface area contributed by atoms with Crippen LogP contribution in [-0.4, -0.2) is 30.2 Å². The maximum Gasteiger partial charge on any atom is 0.338 e. The standard InChI is InChI=1S/C25H21ClN2O5S/c1-4-33-24(31)20-14(2)27-25-28(21(20)16-9-11-18(26)12-10-16)22(29)19(34-25)13-15-5-7-17(8-6-15)23(30)32-3/h5-13,21H,4H2,1-3H3/b19-13+/t21-/m1/s1. The van der Waals surface area contributed by atoms with Gasteiger partial charge in [0.2, 0.25) is 0 Å². The average Bonchev–Trinajstić information content (AvgIpc) is 3.13. The molecule has 0 saturated heterocycles. The second kappa shape index (κ2) is 9.79. The molecule has 34 heavy (non-hydrogen) atoms. The number of hydrogen-bond acceptors (Lipinski definition) is 7. The molecule has 1 aromatic heterocycles. The van der Waals surface area contributed by atoms with Gasteiger partial charge in [-0.15, -0.1) is 0 Å². The molecule has 1 atom stereocenters. The first kappa shape index (κ1) is 23.7. The number of nitrogens with zero attached hydrogens (tertiary/aromatic N) is 2. The van der Waals surface area contributed by atoms with E-state index in [1.165, 1.54) is 23.0 Å². The average molecular weight is 497 g/mol. The molecular weight excluding hydrogens is 476 g/mol. The molecule has 9 heteroatoms. The Morgan fingerprint density at radius 2 is 1.79 bits per heavy atom. The zero-order valence-corrected chi connectivity index (χ0v) is 20.3. The van der Waals surface area contributed by atoms with E-state index in [2.05, 4.69) is 4.99 Å². The van der Waals surface area contributed by atoms with Crippen LogP contribution in [0.25, 0.3) is 6.08 Å². The van der Waals surface area contributed by atoms with E-state index in [-0.39, 0.29) is 12.2 Å². The van der Waals surface area contributed by atoms with Gasteiger partial charge < -0.3 is 9.47 Å². The highest BCUT2D eigenvalue weighted by molar-refractivity contribution is 7.07. The van der Waals surface area contributed by atoms with Crippen molar-refractivity contribution in [2.75, 3.05) is 13.7 Å². The lowest BCUT2D eigenvalue weighted by Crippen LogP contribution is -2.39. The van der Waals surface area contributed by atoms with E-state index < -0.39 is 18.0 Å². The zero-order valence-electron chi connectivity index (χ0n) is 18.7. The van der Waals surface area contributed by atoms with E-state index in [4.69, 9.17) is 21.1 Å². The van der Waals surface area contributed by atoms with Crippen LogP contribution in [0.4, 0.5) is 0 Å². The minimum Gasteiger partial charge on any atom is -0.465 e. The van der Waals surface area contributed by atoms with Crippen molar-refractivity contribution in [3.05, 3.63) is 101 Å². The molecule has 0 N–H and O–H groups in total. The van der Waals surface area contributed by atoms with Crippen LogP contribution in [0.3, 0.4) is 0 Å². The van der Waals surface area contributed by atoms with Crippen molar-refractivity contribution in [2.24, 2.45) is 4.99 Å². The van der Waals surface area contributed by atoms with Crippen LogP contribution in [0.2, 0.25) is 5.02 Å². The predicted molar refractivity (Wildman–Crippen MR) is 130 cm³/mol. The molecule has 0 saturated carbocycles. The van der Waals surface area contributed by atoms with Crippen LogP contribution >= 0.6 is 22.9 Å². The summed E-state index contributed by atoms with van der Waals surface area (Å²) in [5.74, 6) is -0.952. The molecule has 1 aliphatic rings. The van der Waals surface area contributed by atoms with E-state index in [9.17, 15) is 14.4 Å². The van der Waals surface area contributed by atoms with Crippen molar-refractivity contribution < 1.29 is 19.1 Å². The Hall–Kier alpha value is -3.49. The summed E-state index contributed by atoms with van der Waals surface area (Å²) in [7, 11) is 1.32. The lowest BCUT2D eigenvalue weighted by atomic mass is 9.96. The number of thiazole rings is 1. The van der Waals surface area contributed by atoms with Crippen molar-refractivity contribution in [1.29, 1.82) is 0 Å². The molecule has 7 nitrogen and oxygen atoms in total. The Balaban J connectivity index is 1.87. The molecule has 4 rings (SSSR count). The zero-order chi connectivity index (χ0) is 24.4. The fourth-order valence-electron chi connectivity index (χ4n) is 3.74. The molecule has 0 radical (unpaired) electrons. The predicted octanol–water partition coefficient (Wildman–Crippen LogP) is 3.24. The molecule has 174 valence electrons. The van der Waals surface area contributed by atoms with Crippen LogP contribution in [0, 0.1) is 0 Å². The van der Waals surface area contributed by atoms with Gasteiger partial charge in [0, 0.05) is 5.02 Å². The summed E-state index contributed by atoms with van der Waals surface area (Å²) in [6.07, 6.45) is 1.73. The molecule has 0 amide bonds. The third-order valence-corrected chi connectivity index (χ3v) is 6.57. The molecule has 0 bridgehead atoms. The quantitative estimate of drug-likeness (QED) is 0.506. The van der Waals surface area contributed by atoms with Crippen molar-refractivity contribution in [3.8, 4) is 0 Å².